The Bertz CT molecular complexity index is 696. The van der Waals surface area contributed by atoms with E-state index in [-0.39, 0.29) is 4.90 Å². The SMILES string of the molecule is CCOc1cc2nccn2cc1S(=O)(=O)C(C)(C)C. The predicted molar refractivity (Wildman–Crippen MR) is 73.3 cm³/mol. The fourth-order valence-electron chi connectivity index (χ4n) is 1.72. The lowest BCUT2D eigenvalue weighted by Crippen LogP contribution is -2.28. The van der Waals surface area contributed by atoms with Gasteiger partial charge in [-0.05, 0) is 27.7 Å². The maximum Gasteiger partial charge on any atom is 0.188 e. The summed E-state index contributed by atoms with van der Waals surface area (Å²) in [6.07, 6.45) is 4.90. The van der Waals surface area contributed by atoms with Crippen LogP contribution in [0.3, 0.4) is 0 Å². The Morgan fingerprint density at radius 3 is 2.63 bits per heavy atom. The highest BCUT2D eigenvalue weighted by atomic mass is 32.2. The summed E-state index contributed by atoms with van der Waals surface area (Å²) in [4.78, 5) is 4.34. The Labute approximate surface area is 113 Å². The first-order chi connectivity index (χ1) is 8.77. The van der Waals surface area contributed by atoms with Crippen molar-refractivity contribution >= 4 is 15.5 Å². The van der Waals surface area contributed by atoms with Gasteiger partial charge >= 0.3 is 0 Å². The summed E-state index contributed by atoms with van der Waals surface area (Å²) in [7, 11) is -3.47. The van der Waals surface area contributed by atoms with Gasteiger partial charge in [0.05, 0.1) is 11.4 Å². The second-order valence-corrected chi connectivity index (χ2v) is 7.91. The molecule has 6 heteroatoms. The first-order valence-electron chi connectivity index (χ1n) is 6.11. The molecule has 0 fully saturated rings. The third kappa shape index (κ3) is 2.32. The van der Waals surface area contributed by atoms with Gasteiger partial charge in [0.15, 0.2) is 9.84 Å². The first kappa shape index (κ1) is 13.9. The van der Waals surface area contributed by atoms with E-state index in [4.69, 9.17) is 4.74 Å². The fourth-order valence-corrected chi connectivity index (χ4v) is 3.02. The van der Waals surface area contributed by atoms with Gasteiger partial charge in [0.1, 0.15) is 16.3 Å². The smallest absolute Gasteiger partial charge is 0.188 e. The summed E-state index contributed by atoms with van der Waals surface area (Å²) >= 11 is 0. The number of ether oxygens (including phenoxy) is 1. The zero-order valence-corrected chi connectivity index (χ0v) is 12.4. The van der Waals surface area contributed by atoms with Crippen LogP contribution in [0.4, 0.5) is 0 Å². The Hall–Kier alpha value is -1.56. The highest BCUT2D eigenvalue weighted by Crippen LogP contribution is 2.32. The van der Waals surface area contributed by atoms with Gasteiger partial charge in [-0.25, -0.2) is 13.4 Å². The molecule has 0 radical (unpaired) electrons. The monoisotopic (exact) mass is 282 g/mol. The van der Waals surface area contributed by atoms with Gasteiger partial charge in [-0.3, -0.25) is 0 Å². The molecule has 2 aromatic rings. The molecule has 0 atom stereocenters. The molecule has 0 unspecified atom stereocenters. The van der Waals surface area contributed by atoms with E-state index in [0.29, 0.717) is 18.0 Å². The molecule has 2 heterocycles. The third-order valence-corrected chi connectivity index (χ3v) is 5.35. The van der Waals surface area contributed by atoms with Crippen LogP contribution in [0.15, 0.2) is 29.6 Å². The Morgan fingerprint density at radius 1 is 1.37 bits per heavy atom. The molecule has 0 saturated heterocycles. The van der Waals surface area contributed by atoms with Crippen molar-refractivity contribution in [1.82, 2.24) is 9.38 Å². The molecule has 0 aliphatic carbocycles. The zero-order valence-electron chi connectivity index (χ0n) is 11.5. The molecular formula is C13H18N2O3S. The van der Waals surface area contributed by atoms with Crippen LogP contribution in [0.5, 0.6) is 5.75 Å². The number of rotatable bonds is 3. The van der Waals surface area contributed by atoms with Crippen LogP contribution in [0.25, 0.3) is 5.65 Å². The molecule has 19 heavy (non-hydrogen) atoms. The second-order valence-electron chi connectivity index (χ2n) is 5.24. The van der Waals surface area contributed by atoms with Crippen LogP contribution in [0.2, 0.25) is 0 Å². The molecule has 2 aromatic heterocycles. The second kappa shape index (κ2) is 4.52. The summed E-state index contributed by atoms with van der Waals surface area (Å²) in [6.45, 7) is 7.26. The lowest BCUT2D eigenvalue weighted by molar-refractivity contribution is 0.330. The minimum absolute atomic E-state index is 0.201. The lowest BCUT2D eigenvalue weighted by atomic mass is 10.3. The van der Waals surface area contributed by atoms with E-state index in [0.717, 1.165) is 0 Å². The van der Waals surface area contributed by atoms with Crippen molar-refractivity contribution in [3.05, 3.63) is 24.7 Å². The molecule has 0 saturated carbocycles. The number of nitrogens with zero attached hydrogens (tertiary/aromatic N) is 2. The molecule has 0 bridgehead atoms. The number of sulfone groups is 1. The number of hydrogen-bond acceptors (Lipinski definition) is 4. The lowest BCUT2D eigenvalue weighted by Gasteiger charge is -2.21. The molecule has 104 valence electrons. The maximum atomic E-state index is 12.6. The number of pyridine rings is 1. The van der Waals surface area contributed by atoms with Crippen molar-refractivity contribution in [2.75, 3.05) is 6.61 Å². The van der Waals surface area contributed by atoms with E-state index in [1.165, 1.54) is 0 Å². The van der Waals surface area contributed by atoms with Crippen molar-refractivity contribution in [2.45, 2.75) is 37.3 Å². The Kier molecular flexibility index (Phi) is 3.30. The van der Waals surface area contributed by atoms with Crippen molar-refractivity contribution in [1.29, 1.82) is 0 Å². The van der Waals surface area contributed by atoms with Gasteiger partial charge in [0.25, 0.3) is 0 Å². The Balaban J connectivity index is 2.73. The highest BCUT2D eigenvalue weighted by molar-refractivity contribution is 7.92. The third-order valence-electron chi connectivity index (χ3n) is 2.85. The van der Waals surface area contributed by atoms with Crippen LogP contribution in [0.1, 0.15) is 27.7 Å². The largest absolute Gasteiger partial charge is 0.492 e. The van der Waals surface area contributed by atoms with Crippen LogP contribution in [-0.2, 0) is 9.84 Å². The summed E-state index contributed by atoms with van der Waals surface area (Å²) in [6, 6.07) is 1.65. The van der Waals surface area contributed by atoms with E-state index in [1.807, 2.05) is 6.92 Å². The van der Waals surface area contributed by atoms with Gasteiger partial charge in [-0.1, -0.05) is 0 Å². The van der Waals surface area contributed by atoms with E-state index in [9.17, 15) is 8.42 Å². The number of hydrogen-bond donors (Lipinski definition) is 0. The number of imidazole rings is 1. The van der Waals surface area contributed by atoms with E-state index >= 15 is 0 Å². The molecule has 0 N–H and O–H groups in total. The van der Waals surface area contributed by atoms with Gasteiger partial charge in [0, 0.05) is 24.7 Å². The van der Waals surface area contributed by atoms with Crippen molar-refractivity contribution in [3.63, 3.8) is 0 Å². The summed E-state index contributed by atoms with van der Waals surface area (Å²) in [5.74, 6) is 0.358. The van der Waals surface area contributed by atoms with Crippen molar-refractivity contribution in [3.8, 4) is 5.75 Å². The van der Waals surface area contributed by atoms with Crippen molar-refractivity contribution in [2.24, 2.45) is 0 Å². The molecular weight excluding hydrogens is 264 g/mol. The standard InChI is InChI=1S/C13H18N2O3S/c1-5-18-10-8-12-14-6-7-15(12)9-11(10)19(16,17)13(2,3)4/h6-9H,5H2,1-4H3. The Morgan fingerprint density at radius 2 is 2.05 bits per heavy atom. The topological polar surface area (TPSA) is 60.7 Å². The van der Waals surface area contributed by atoms with Gasteiger partial charge in [-0.2, -0.15) is 0 Å². The molecule has 5 nitrogen and oxygen atoms in total. The van der Waals surface area contributed by atoms with Crippen molar-refractivity contribution < 1.29 is 13.2 Å². The van der Waals surface area contributed by atoms with E-state index in [2.05, 4.69) is 4.98 Å². The molecule has 0 amide bonds. The number of fused-ring (bicyclic) bond motifs is 1. The van der Waals surface area contributed by atoms with Gasteiger partial charge < -0.3 is 9.14 Å². The van der Waals surface area contributed by atoms with Crippen LogP contribution < -0.4 is 4.74 Å². The molecule has 0 aliphatic heterocycles. The quantitative estimate of drug-likeness (QED) is 0.866. The first-order valence-corrected chi connectivity index (χ1v) is 7.60. The summed E-state index contributed by atoms with van der Waals surface area (Å²) in [5.41, 5.74) is 0.663. The molecule has 0 spiro atoms. The highest BCUT2D eigenvalue weighted by Gasteiger charge is 2.34. The average molecular weight is 282 g/mol. The molecule has 0 aliphatic rings. The minimum Gasteiger partial charge on any atom is -0.492 e. The van der Waals surface area contributed by atoms with Crippen LogP contribution >= 0.6 is 0 Å². The van der Waals surface area contributed by atoms with Crippen LogP contribution in [0, 0.1) is 0 Å². The van der Waals surface area contributed by atoms with Gasteiger partial charge in [0.2, 0.25) is 0 Å². The average Bonchev–Trinajstić information content (AvgIpc) is 2.73. The van der Waals surface area contributed by atoms with E-state index in [1.54, 1.807) is 49.8 Å². The summed E-state index contributed by atoms with van der Waals surface area (Å²) in [5, 5.41) is 0. The molecule has 2 rings (SSSR count). The fraction of sp³-hybridized carbons (Fsp3) is 0.462. The minimum atomic E-state index is -3.47. The maximum absolute atomic E-state index is 12.6. The van der Waals surface area contributed by atoms with Gasteiger partial charge in [-0.15, -0.1) is 0 Å². The van der Waals surface area contributed by atoms with Crippen LogP contribution in [-0.4, -0.2) is 29.2 Å². The normalized spacial score (nSPS) is 12.8. The molecule has 0 aromatic carbocycles. The number of aromatic nitrogens is 2. The van der Waals surface area contributed by atoms with E-state index < -0.39 is 14.6 Å². The zero-order chi connectivity index (χ0) is 14.3. The summed E-state index contributed by atoms with van der Waals surface area (Å²) < 4.78 is 31.5. The predicted octanol–water partition coefficient (Wildman–Crippen LogP) is 2.31.